The van der Waals surface area contributed by atoms with Gasteiger partial charge in [-0.3, -0.25) is 19.7 Å². The fraction of sp³-hybridized carbons (Fsp3) is 0.429. The largest absolute Gasteiger partial charge is 0.481 e. The van der Waals surface area contributed by atoms with E-state index in [-0.39, 0.29) is 28.9 Å². The molecule has 1 aromatic rings. The molecule has 1 amide bonds. The number of hydrogen-bond donors (Lipinski definition) is 2. The van der Waals surface area contributed by atoms with Crippen molar-refractivity contribution in [3.05, 3.63) is 33.3 Å². The Kier molecular flexibility index (Phi) is 6.83. The molecule has 0 radical (unpaired) electrons. The number of halogens is 1. The molecule has 0 aliphatic rings. The van der Waals surface area contributed by atoms with Crippen molar-refractivity contribution in [2.75, 3.05) is 12.3 Å². The Morgan fingerprint density at radius 1 is 1.43 bits per heavy atom. The molecule has 23 heavy (non-hydrogen) atoms. The van der Waals surface area contributed by atoms with Crippen molar-refractivity contribution in [2.24, 2.45) is 5.41 Å². The molecule has 9 heteroatoms. The highest BCUT2D eigenvalue weighted by atomic mass is 35.5. The van der Waals surface area contributed by atoms with E-state index >= 15 is 0 Å². The number of nitro benzene ring substituents is 1. The van der Waals surface area contributed by atoms with Crippen LogP contribution in [0.2, 0.25) is 5.02 Å². The minimum Gasteiger partial charge on any atom is -0.481 e. The number of carboxylic acids is 1. The van der Waals surface area contributed by atoms with Crippen molar-refractivity contribution in [2.45, 2.75) is 25.2 Å². The molecule has 0 aliphatic heterocycles. The first kappa shape index (κ1) is 19.2. The molecule has 0 fully saturated rings. The van der Waals surface area contributed by atoms with E-state index < -0.39 is 16.3 Å². The van der Waals surface area contributed by atoms with Crippen LogP contribution in [0.15, 0.2) is 23.1 Å². The molecule has 1 aromatic carbocycles. The maximum Gasteiger partial charge on any atom is 0.309 e. The number of benzene rings is 1. The third-order valence-corrected chi connectivity index (χ3v) is 4.43. The summed E-state index contributed by atoms with van der Waals surface area (Å²) in [6.07, 6.45) is 0.292. The Labute approximate surface area is 142 Å². The number of nitrogens with one attached hydrogen (secondary N) is 1. The highest BCUT2D eigenvalue weighted by Gasteiger charge is 2.26. The van der Waals surface area contributed by atoms with Gasteiger partial charge in [-0.25, -0.2) is 0 Å². The topological polar surface area (TPSA) is 110 Å². The van der Waals surface area contributed by atoms with Gasteiger partial charge in [0.1, 0.15) is 0 Å². The number of nitro groups is 1. The van der Waals surface area contributed by atoms with Crippen LogP contribution in [-0.4, -0.2) is 34.2 Å². The van der Waals surface area contributed by atoms with Gasteiger partial charge >= 0.3 is 5.97 Å². The number of nitrogens with zero attached hydrogens (tertiary/aromatic N) is 1. The number of hydrogen-bond acceptors (Lipinski definition) is 5. The monoisotopic (exact) mass is 360 g/mol. The van der Waals surface area contributed by atoms with E-state index in [0.29, 0.717) is 11.3 Å². The zero-order chi connectivity index (χ0) is 17.6. The van der Waals surface area contributed by atoms with Crippen LogP contribution in [0.1, 0.15) is 20.3 Å². The molecule has 7 nitrogen and oxygen atoms in total. The van der Waals surface area contributed by atoms with E-state index in [1.165, 1.54) is 18.2 Å². The molecule has 0 heterocycles. The number of carbonyl (C=O) groups is 2. The van der Waals surface area contributed by atoms with Crippen molar-refractivity contribution in [3.8, 4) is 0 Å². The Hall–Kier alpha value is -1.80. The molecule has 0 saturated carbocycles. The van der Waals surface area contributed by atoms with E-state index in [9.17, 15) is 19.7 Å². The summed E-state index contributed by atoms with van der Waals surface area (Å²) < 4.78 is 0. The number of rotatable bonds is 8. The first-order valence-corrected chi connectivity index (χ1v) is 8.06. The van der Waals surface area contributed by atoms with Crippen LogP contribution in [0, 0.1) is 15.5 Å². The Balaban J connectivity index is 2.51. The summed E-state index contributed by atoms with van der Waals surface area (Å²) in [6, 6.07) is 4.24. The third-order valence-electron chi connectivity index (χ3n) is 3.13. The zero-order valence-electron chi connectivity index (χ0n) is 12.7. The maximum absolute atomic E-state index is 11.7. The Bertz CT molecular complexity index is 621. The number of carboxylic acid groups (broad SMARTS) is 1. The molecule has 0 unspecified atom stereocenters. The molecule has 126 valence electrons. The van der Waals surface area contributed by atoms with Crippen molar-refractivity contribution in [1.82, 2.24) is 5.32 Å². The number of thioether (sulfide) groups is 1. The fourth-order valence-electron chi connectivity index (χ4n) is 1.57. The van der Waals surface area contributed by atoms with Crippen LogP contribution in [0.4, 0.5) is 5.69 Å². The van der Waals surface area contributed by atoms with E-state index in [4.69, 9.17) is 16.7 Å². The molecule has 0 bridgehead atoms. The maximum atomic E-state index is 11.7. The lowest BCUT2D eigenvalue weighted by Gasteiger charge is -2.18. The van der Waals surface area contributed by atoms with Gasteiger partial charge in [0.25, 0.3) is 5.69 Å². The summed E-state index contributed by atoms with van der Waals surface area (Å²) in [7, 11) is 0. The standard InChI is InChI=1S/C14H17ClN2O5S/c1-14(2,13(19)20)5-6-16-12(18)8-23-11-4-3-9(15)7-10(11)17(21)22/h3-4,7H,5-6,8H2,1-2H3,(H,16,18)(H,19,20). The lowest BCUT2D eigenvalue weighted by atomic mass is 9.90. The average molecular weight is 361 g/mol. The van der Waals surface area contributed by atoms with Gasteiger partial charge in [-0.1, -0.05) is 11.6 Å². The van der Waals surface area contributed by atoms with Gasteiger partial charge in [0.2, 0.25) is 5.91 Å². The van der Waals surface area contributed by atoms with Crippen LogP contribution in [-0.2, 0) is 9.59 Å². The van der Waals surface area contributed by atoms with Crippen molar-refractivity contribution in [3.63, 3.8) is 0 Å². The van der Waals surface area contributed by atoms with Crippen molar-refractivity contribution in [1.29, 1.82) is 0 Å². The summed E-state index contributed by atoms with van der Waals surface area (Å²) >= 11 is 6.75. The van der Waals surface area contributed by atoms with Crippen molar-refractivity contribution < 1.29 is 19.6 Å². The van der Waals surface area contributed by atoms with Gasteiger partial charge in [0.05, 0.1) is 21.0 Å². The Morgan fingerprint density at radius 3 is 2.65 bits per heavy atom. The summed E-state index contributed by atoms with van der Waals surface area (Å²) in [6.45, 7) is 3.38. The summed E-state index contributed by atoms with van der Waals surface area (Å²) in [5.41, 5.74) is -1.07. The fourth-order valence-corrected chi connectivity index (χ4v) is 2.57. The molecule has 0 aliphatic carbocycles. The summed E-state index contributed by atoms with van der Waals surface area (Å²) in [4.78, 5) is 33.4. The van der Waals surface area contributed by atoms with Crippen LogP contribution in [0.5, 0.6) is 0 Å². The highest BCUT2D eigenvalue weighted by molar-refractivity contribution is 8.00. The van der Waals surface area contributed by atoms with E-state index in [1.54, 1.807) is 13.8 Å². The van der Waals surface area contributed by atoms with E-state index in [2.05, 4.69) is 5.32 Å². The lowest BCUT2D eigenvalue weighted by molar-refractivity contribution is -0.387. The molecule has 1 rings (SSSR count). The molecule has 0 spiro atoms. The minimum atomic E-state index is -0.932. The third kappa shape index (κ3) is 6.07. The second-order valence-corrected chi connectivity index (χ2v) is 6.90. The van der Waals surface area contributed by atoms with Gasteiger partial charge in [-0.2, -0.15) is 0 Å². The van der Waals surface area contributed by atoms with Crippen LogP contribution in [0.25, 0.3) is 0 Å². The first-order chi connectivity index (χ1) is 10.6. The van der Waals surface area contributed by atoms with Gasteiger partial charge in [0, 0.05) is 17.6 Å². The Morgan fingerprint density at radius 2 is 2.09 bits per heavy atom. The van der Waals surface area contributed by atoms with E-state index in [0.717, 1.165) is 11.8 Å². The SMILES string of the molecule is CC(C)(CCNC(=O)CSc1ccc(Cl)cc1[N+](=O)[O-])C(=O)O. The second-order valence-electron chi connectivity index (χ2n) is 5.45. The highest BCUT2D eigenvalue weighted by Crippen LogP contribution is 2.31. The number of amides is 1. The lowest BCUT2D eigenvalue weighted by Crippen LogP contribution is -2.32. The molecule has 0 atom stereocenters. The van der Waals surface area contributed by atoms with Gasteiger partial charge in [-0.05, 0) is 32.4 Å². The first-order valence-electron chi connectivity index (χ1n) is 6.70. The quantitative estimate of drug-likeness (QED) is 0.419. The summed E-state index contributed by atoms with van der Waals surface area (Å²) in [5, 5.41) is 22.8. The predicted molar refractivity (Wildman–Crippen MR) is 87.9 cm³/mol. The predicted octanol–water partition coefficient (Wildman–Crippen LogP) is 2.96. The van der Waals surface area contributed by atoms with Crippen molar-refractivity contribution >= 4 is 40.9 Å². The molecule has 0 aromatic heterocycles. The average Bonchev–Trinajstić information content (AvgIpc) is 2.45. The smallest absolute Gasteiger partial charge is 0.309 e. The zero-order valence-corrected chi connectivity index (χ0v) is 14.2. The van der Waals surface area contributed by atoms with E-state index in [1.807, 2.05) is 0 Å². The van der Waals surface area contributed by atoms with Gasteiger partial charge in [0.15, 0.2) is 0 Å². The number of carbonyl (C=O) groups excluding carboxylic acids is 1. The van der Waals surface area contributed by atoms with Crippen LogP contribution in [0.3, 0.4) is 0 Å². The second kappa shape index (κ2) is 8.16. The molecule has 2 N–H and O–H groups in total. The summed E-state index contributed by atoms with van der Waals surface area (Å²) in [5.74, 6) is -1.26. The normalized spacial score (nSPS) is 11.1. The molecular formula is C14H17ClN2O5S. The van der Waals surface area contributed by atoms with Crippen LogP contribution < -0.4 is 5.32 Å². The minimum absolute atomic E-state index is 0.00400. The van der Waals surface area contributed by atoms with Gasteiger partial charge < -0.3 is 10.4 Å². The number of aliphatic carboxylic acids is 1. The molecule has 0 saturated heterocycles. The van der Waals surface area contributed by atoms with Gasteiger partial charge in [-0.15, -0.1) is 11.8 Å². The molecular weight excluding hydrogens is 344 g/mol. The van der Waals surface area contributed by atoms with Crippen LogP contribution >= 0.6 is 23.4 Å².